The van der Waals surface area contributed by atoms with Crippen molar-refractivity contribution >= 4 is 22.6 Å². The summed E-state index contributed by atoms with van der Waals surface area (Å²) in [5.41, 5.74) is 0. The Kier molecular flexibility index (Phi) is 5.61. The Morgan fingerprint density at radius 2 is 1.83 bits per heavy atom. The summed E-state index contributed by atoms with van der Waals surface area (Å²) in [6.07, 6.45) is 10.4. The van der Waals surface area contributed by atoms with Gasteiger partial charge in [0.15, 0.2) is 0 Å². The van der Waals surface area contributed by atoms with Gasteiger partial charge in [-0.2, -0.15) is 0 Å². The average Bonchev–Trinajstić information content (AvgIpc) is 2.06. The molecular weight excluding hydrogens is 259 g/mol. The van der Waals surface area contributed by atoms with E-state index in [9.17, 15) is 0 Å². The third kappa shape index (κ3) is 3.63. The van der Waals surface area contributed by atoms with Crippen molar-refractivity contribution in [1.29, 1.82) is 0 Å². The van der Waals surface area contributed by atoms with Crippen LogP contribution in [0.15, 0.2) is 0 Å². The van der Waals surface area contributed by atoms with Crippen molar-refractivity contribution in [2.24, 2.45) is 11.8 Å². The zero-order chi connectivity index (χ0) is 8.81. The third-order valence-corrected chi connectivity index (χ3v) is 3.73. The van der Waals surface area contributed by atoms with E-state index >= 15 is 0 Å². The Morgan fingerprint density at radius 3 is 2.42 bits per heavy atom. The van der Waals surface area contributed by atoms with Gasteiger partial charge in [0.2, 0.25) is 0 Å². The smallest absolute Gasteiger partial charge is 0.000209 e. The zero-order valence-electron chi connectivity index (χ0n) is 8.19. The minimum Gasteiger partial charge on any atom is -0.0864 e. The van der Waals surface area contributed by atoms with E-state index in [1.54, 1.807) is 0 Å². The fourth-order valence-corrected chi connectivity index (χ4v) is 3.37. The first kappa shape index (κ1) is 10.8. The molecule has 2 unspecified atom stereocenters. The summed E-state index contributed by atoms with van der Waals surface area (Å²) in [5, 5.41) is 0. The maximum absolute atomic E-state index is 2.52. The summed E-state index contributed by atoms with van der Waals surface area (Å²) >= 11 is 2.52. The highest BCUT2D eigenvalue weighted by molar-refractivity contribution is 14.1. The molecule has 0 bridgehead atoms. The molecule has 0 aromatic rings. The highest BCUT2D eigenvalue weighted by atomic mass is 127. The lowest BCUT2D eigenvalue weighted by atomic mass is 9.78. The van der Waals surface area contributed by atoms with Crippen LogP contribution in [0.2, 0.25) is 0 Å². The van der Waals surface area contributed by atoms with Gasteiger partial charge in [-0.15, -0.1) is 0 Å². The molecule has 1 rings (SSSR count). The molecule has 0 heterocycles. The van der Waals surface area contributed by atoms with Crippen LogP contribution in [0.4, 0.5) is 0 Å². The molecule has 1 saturated carbocycles. The van der Waals surface area contributed by atoms with Gasteiger partial charge in [0.05, 0.1) is 0 Å². The molecule has 12 heavy (non-hydrogen) atoms. The summed E-state index contributed by atoms with van der Waals surface area (Å²) in [4.78, 5) is 0. The Morgan fingerprint density at radius 1 is 1.17 bits per heavy atom. The molecule has 1 fully saturated rings. The van der Waals surface area contributed by atoms with Gasteiger partial charge in [-0.05, 0) is 29.1 Å². The van der Waals surface area contributed by atoms with Crippen LogP contribution in [-0.2, 0) is 0 Å². The Balaban J connectivity index is 2.20. The fourth-order valence-electron chi connectivity index (χ4n) is 2.49. The molecule has 0 radical (unpaired) electrons. The largest absolute Gasteiger partial charge is 0.0864 e. The first-order valence-electron chi connectivity index (χ1n) is 5.42. The van der Waals surface area contributed by atoms with Crippen LogP contribution in [0, 0.1) is 11.8 Å². The van der Waals surface area contributed by atoms with Gasteiger partial charge < -0.3 is 0 Å². The van der Waals surface area contributed by atoms with Crippen molar-refractivity contribution in [3.8, 4) is 0 Å². The molecule has 0 nitrogen and oxygen atoms in total. The van der Waals surface area contributed by atoms with E-state index in [0.29, 0.717) is 0 Å². The van der Waals surface area contributed by atoms with Crippen LogP contribution in [0.5, 0.6) is 0 Å². The monoisotopic (exact) mass is 280 g/mol. The van der Waals surface area contributed by atoms with Gasteiger partial charge >= 0.3 is 0 Å². The second-order valence-corrected chi connectivity index (χ2v) is 5.24. The van der Waals surface area contributed by atoms with Gasteiger partial charge in [0.1, 0.15) is 0 Å². The SMILES string of the molecule is CCCC1CCCC(CCI)C1. The molecule has 1 aliphatic rings. The van der Waals surface area contributed by atoms with E-state index in [1.807, 2.05) is 0 Å². The van der Waals surface area contributed by atoms with Gasteiger partial charge in [0, 0.05) is 0 Å². The maximum atomic E-state index is 2.52. The van der Waals surface area contributed by atoms with Crippen LogP contribution < -0.4 is 0 Å². The topological polar surface area (TPSA) is 0 Å². The molecule has 0 saturated heterocycles. The standard InChI is InChI=1S/C11H21I/c1-2-4-10-5-3-6-11(9-10)7-8-12/h10-11H,2-9H2,1H3. The summed E-state index contributed by atoms with van der Waals surface area (Å²) in [6.45, 7) is 2.32. The number of halogens is 1. The van der Waals surface area contributed by atoms with Crippen molar-refractivity contribution in [2.75, 3.05) is 4.43 Å². The molecule has 0 aromatic carbocycles. The normalized spacial score (nSPS) is 30.5. The average molecular weight is 280 g/mol. The van der Waals surface area contributed by atoms with E-state index in [4.69, 9.17) is 0 Å². The fraction of sp³-hybridized carbons (Fsp3) is 1.00. The van der Waals surface area contributed by atoms with Crippen LogP contribution in [0.1, 0.15) is 51.9 Å². The molecule has 0 N–H and O–H groups in total. The van der Waals surface area contributed by atoms with Crippen molar-refractivity contribution in [2.45, 2.75) is 51.9 Å². The first-order valence-corrected chi connectivity index (χ1v) is 6.95. The maximum Gasteiger partial charge on any atom is -0.000209 e. The number of hydrogen-bond donors (Lipinski definition) is 0. The van der Waals surface area contributed by atoms with Gasteiger partial charge in [-0.25, -0.2) is 0 Å². The molecule has 0 amide bonds. The molecule has 0 aliphatic heterocycles. The third-order valence-electron chi connectivity index (χ3n) is 3.11. The molecule has 0 aromatic heterocycles. The highest BCUT2D eigenvalue weighted by Crippen LogP contribution is 2.33. The lowest BCUT2D eigenvalue weighted by Gasteiger charge is -2.28. The number of rotatable bonds is 4. The van der Waals surface area contributed by atoms with Crippen molar-refractivity contribution in [3.05, 3.63) is 0 Å². The second-order valence-electron chi connectivity index (χ2n) is 4.16. The van der Waals surface area contributed by atoms with E-state index < -0.39 is 0 Å². The van der Waals surface area contributed by atoms with E-state index in [2.05, 4.69) is 29.5 Å². The summed E-state index contributed by atoms with van der Waals surface area (Å²) in [7, 11) is 0. The minimum atomic E-state index is 1.08. The van der Waals surface area contributed by atoms with Crippen LogP contribution in [0.25, 0.3) is 0 Å². The summed E-state index contributed by atoms with van der Waals surface area (Å²) in [6, 6.07) is 0. The zero-order valence-corrected chi connectivity index (χ0v) is 10.3. The Hall–Kier alpha value is 0.730. The molecular formula is C11H21I. The predicted octanol–water partition coefficient (Wildman–Crippen LogP) is 4.42. The van der Waals surface area contributed by atoms with E-state index in [1.165, 1.54) is 49.4 Å². The quantitative estimate of drug-likeness (QED) is 0.528. The van der Waals surface area contributed by atoms with Gasteiger partial charge in [-0.3, -0.25) is 0 Å². The van der Waals surface area contributed by atoms with Crippen molar-refractivity contribution in [1.82, 2.24) is 0 Å². The molecule has 1 heteroatoms. The number of hydrogen-bond acceptors (Lipinski definition) is 0. The minimum absolute atomic E-state index is 1.08. The highest BCUT2D eigenvalue weighted by Gasteiger charge is 2.20. The van der Waals surface area contributed by atoms with Crippen molar-refractivity contribution in [3.63, 3.8) is 0 Å². The first-order chi connectivity index (χ1) is 5.86. The lowest BCUT2D eigenvalue weighted by Crippen LogP contribution is -2.15. The Bertz CT molecular complexity index is 95.6. The van der Waals surface area contributed by atoms with Crippen LogP contribution in [-0.4, -0.2) is 4.43 Å². The van der Waals surface area contributed by atoms with Crippen molar-refractivity contribution < 1.29 is 0 Å². The summed E-state index contributed by atoms with van der Waals surface area (Å²) in [5.74, 6) is 2.16. The predicted molar refractivity (Wildman–Crippen MR) is 63.9 cm³/mol. The molecule has 1 aliphatic carbocycles. The van der Waals surface area contributed by atoms with Gasteiger partial charge in [0.25, 0.3) is 0 Å². The molecule has 72 valence electrons. The van der Waals surface area contributed by atoms with E-state index in [0.717, 1.165) is 11.8 Å². The molecule has 0 spiro atoms. The van der Waals surface area contributed by atoms with Crippen LogP contribution in [0.3, 0.4) is 0 Å². The van der Waals surface area contributed by atoms with Crippen LogP contribution >= 0.6 is 22.6 Å². The number of alkyl halides is 1. The van der Waals surface area contributed by atoms with E-state index in [-0.39, 0.29) is 0 Å². The Labute approximate surface area is 90.6 Å². The lowest BCUT2D eigenvalue weighted by molar-refractivity contribution is 0.250. The summed E-state index contributed by atoms with van der Waals surface area (Å²) < 4.78 is 1.36. The molecule has 2 atom stereocenters. The van der Waals surface area contributed by atoms with Gasteiger partial charge in [-0.1, -0.05) is 61.6 Å². The second kappa shape index (κ2) is 6.22.